The van der Waals surface area contributed by atoms with Crippen LogP contribution < -0.4 is 10.5 Å². The van der Waals surface area contributed by atoms with Gasteiger partial charge >= 0.3 is 18.8 Å². The molecule has 1 aromatic heterocycles. The van der Waals surface area contributed by atoms with Crippen molar-refractivity contribution in [3.05, 3.63) is 41.2 Å². The molecule has 138 valence electrons. The van der Waals surface area contributed by atoms with Crippen LogP contribution in [0.5, 0.6) is 5.75 Å². The van der Waals surface area contributed by atoms with Gasteiger partial charge < -0.3 is 19.8 Å². The largest absolute Gasteiger partial charge is 0.464 e. The van der Waals surface area contributed by atoms with Gasteiger partial charge in [-0.3, -0.25) is 0 Å². The molecule has 6 nitrogen and oxygen atoms in total. The van der Waals surface area contributed by atoms with Crippen LogP contribution in [-0.4, -0.2) is 24.3 Å². The highest BCUT2D eigenvalue weighted by molar-refractivity contribution is 5.96. The molecule has 1 heterocycles. The highest BCUT2D eigenvalue weighted by atomic mass is 19.4. The molecule has 0 saturated carbocycles. The van der Waals surface area contributed by atoms with Crippen LogP contribution in [0.1, 0.15) is 21.6 Å². The van der Waals surface area contributed by atoms with Gasteiger partial charge in [0.05, 0.1) is 29.6 Å². The zero-order valence-corrected chi connectivity index (χ0v) is 13.0. The summed E-state index contributed by atoms with van der Waals surface area (Å²) in [7, 11) is 0.964. The molecule has 1 aromatic carbocycles. The summed E-state index contributed by atoms with van der Waals surface area (Å²) in [6, 6.07) is 3.49. The average molecular weight is 375 g/mol. The van der Waals surface area contributed by atoms with Crippen molar-refractivity contribution in [1.82, 2.24) is 4.57 Å². The fourth-order valence-electron chi connectivity index (χ4n) is 2.23. The summed E-state index contributed by atoms with van der Waals surface area (Å²) in [5.41, 5.74) is 2.38. The number of hydrogen-bond acceptors (Lipinski definition) is 5. The number of nitrogens with two attached hydrogens (primary N) is 1. The Morgan fingerprint density at radius 1 is 1.35 bits per heavy atom. The van der Waals surface area contributed by atoms with Gasteiger partial charge in [-0.1, -0.05) is 0 Å². The van der Waals surface area contributed by atoms with E-state index >= 15 is 0 Å². The third-order valence-electron chi connectivity index (χ3n) is 3.30. The first-order valence-corrected chi connectivity index (χ1v) is 6.75. The molecular formula is C15H10F5N3O3. The molecule has 0 aliphatic rings. The molecule has 0 unspecified atom stereocenters. The number of benzene rings is 1. The van der Waals surface area contributed by atoms with Crippen molar-refractivity contribution in [2.24, 2.45) is 0 Å². The molecule has 0 aliphatic carbocycles. The molecule has 2 rings (SSSR count). The number of nitrogen functional groups attached to an aromatic ring is 1. The molecule has 2 aromatic rings. The van der Waals surface area contributed by atoms with E-state index in [0.717, 1.165) is 13.3 Å². The SMILES string of the molecule is COC(=O)c1c(N)c(C#N)cn1-c1cc(OC(F)F)ccc1C(F)(F)F. The third kappa shape index (κ3) is 3.53. The Balaban J connectivity index is 2.81. The lowest BCUT2D eigenvalue weighted by atomic mass is 10.1. The number of anilines is 1. The maximum absolute atomic E-state index is 13.3. The molecule has 2 N–H and O–H groups in total. The van der Waals surface area contributed by atoms with E-state index in [1.165, 1.54) is 0 Å². The predicted octanol–water partition coefficient (Wildman–Crippen LogP) is 3.34. The monoisotopic (exact) mass is 375 g/mol. The molecule has 0 bridgehead atoms. The van der Waals surface area contributed by atoms with E-state index in [-0.39, 0.29) is 5.56 Å². The summed E-state index contributed by atoms with van der Waals surface area (Å²) in [5.74, 6) is -1.69. The van der Waals surface area contributed by atoms with Crippen molar-refractivity contribution in [3.63, 3.8) is 0 Å². The lowest BCUT2D eigenvalue weighted by Gasteiger charge is -2.17. The van der Waals surface area contributed by atoms with Crippen molar-refractivity contribution in [2.45, 2.75) is 12.8 Å². The molecule has 26 heavy (non-hydrogen) atoms. The number of alkyl halides is 5. The van der Waals surface area contributed by atoms with E-state index in [2.05, 4.69) is 9.47 Å². The zero-order valence-electron chi connectivity index (χ0n) is 13.0. The van der Waals surface area contributed by atoms with Crippen LogP contribution in [0.15, 0.2) is 24.4 Å². The van der Waals surface area contributed by atoms with Crippen LogP contribution in [0, 0.1) is 11.3 Å². The smallest absolute Gasteiger partial charge is 0.418 e. The van der Waals surface area contributed by atoms with Gasteiger partial charge in [0.2, 0.25) is 0 Å². The van der Waals surface area contributed by atoms with E-state index in [1.54, 1.807) is 6.07 Å². The number of methoxy groups -OCH3 is 1. The van der Waals surface area contributed by atoms with Crippen LogP contribution in [0.2, 0.25) is 0 Å². The van der Waals surface area contributed by atoms with Crippen molar-refractivity contribution in [3.8, 4) is 17.5 Å². The minimum atomic E-state index is -4.89. The van der Waals surface area contributed by atoms with Gasteiger partial charge in [-0.2, -0.15) is 27.2 Å². The van der Waals surface area contributed by atoms with E-state index < -0.39 is 47.1 Å². The number of rotatable bonds is 4. The molecule has 11 heteroatoms. The van der Waals surface area contributed by atoms with Gasteiger partial charge in [0.25, 0.3) is 0 Å². The van der Waals surface area contributed by atoms with Gasteiger partial charge in [-0.15, -0.1) is 0 Å². The van der Waals surface area contributed by atoms with Crippen molar-refractivity contribution in [2.75, 3.05) is 12.8 Å². The van der Waals surface area contributed by atoms with E-state index in [1.807, 2.05) is 0 Å². The van der Waals surface area contributed by atoms with E-state index in [4.69, 9.17) is 11.0 Å². The highest BCUT2D eigenvalue weighted by Gasteiger charge is 2.36. The fourth-order valence-corrected chi connectivity index (χ4v) is 2.23. The number of carbonyl (C=O) groups is 1. The molecule has 0 spiro atoms. The van der Waals surface area contributed by atoms with Crippen LogP contribution in [0.4, 0.5) is 27.6 Å². The lowest BCUT2D eigenvalue weighted by molar-refractivity contribution is -0.137. The quantitative estimate of drug-likeness (QED) is 0.654. The first-order valence-electron chi connectivity index (χ1n) is 6.75. The van der Waals surface area contributed by atoms with Gasteiger partial charge in [0.1, 0.15) is 11.8 Å². The number of hydrogen-bond donors (Lipinski definition) is 1. The minimum Gasteiger partial charge on any atom is -0.464 e. The van der Waals surface area contributed by atoms with Gasteiger partial charge in [0, 0.05) is 12.3 Å². The van der Waals surface area contributed by atoms with Crippen LogP contribution >= 0.6 is 0 Å². The Hall–Kier alpha value is -3.29. The highest BCUT2D eigenvalue weighted by Crippen LogP contribution is 2.38. The molecule has 0 atom stereocenters. The summed E-state index contributed by atoms with van der Waals surface area (Å²) in [4.78, 5) is 11.9. The van der Waals surface area contributed by atoms with Crippen molar-refractivity contribution < 1.29 is 36.2 Å². The zero-order chi connectivity index (χ0) is 19.6. The predicted molar refractivity (Wildman–Crippen MR) is 77.9 cm³/mol. The van der Waals surface area contributed by atoms with Gasteiger partial charge in [-0.25, -0.2) is 4.79 Å². The normalized spacial score (nSPS) is 11.3. The summed E-state index contributed by atoms with van der Waals surface area (Å²) < 4.78 is 74.0. The second kappa shape index (κ2) is 6.91. The van der Waals surface area contributed by atoms with Crippen molar-refractivity contribution in [1.29, 1.82) is 5.26 Å². The second-order valence-electron chi connectivity index (χ2n) is 4.83. The number of halogens is 5. The van der Waals surface area contributed by atoms with Gasteiger partial charge in [-0.05, 0) is 12.1 Å². The first-order chi connectivity index (χ1) is 12.1. The molecule has 0 amide bonds. The number of esters is 1. The Kier molecular flexibility index (Phi) is 5.06. The summed E-state index contributed by atoms with van der Waals surface area (Å²) in [6.07, 6.45) is -4.02. The number of aromatic nitrogens is 1. The molecular weight excluding hydrogens is 365 g/mol. The standard InChI is InChI=1S/C15H10F5N3O3/c1-25-13(24)12-11(22)7(5-21)6-23(12)10-4-8(26-14(16)17)2-3-9(10)15(18,19)20/h2-4,6,14H,22H2,1H3. The van der Waals surface area contributed by atoms with Crippen molar-refractivity contribution >= 4 is 11.7 Å². The fraction of sp³-hybridized carbons (Fsp3) is 0.200. The topological polar surface area (TPSA) is 90.3 Å². The van der Waals surface area contributed by atoms with E-state index in [9.17, 15) is 26.7 Å². The Labute approximate surface area is 143 Å². The van der Waals surface area contributed by atoms with E-state index in [0.29, 0.717) is 22.8 Å². The molecule has 0 saturated heterocycles. The average Bonchev–Trinajstić information content (AvgIpc) is 2.89. The summed E-state index contributed by atoms with van der Waals surface area (Å²) in [5, 5.41) is 9.02. The summed E-state index contributed by atoms with van der Waals surface area (Å²) in [6.45, 7) is -3.27. The van der Waals surface area contributed by atoms with Crippen LogP contribution in [-0.2, 0) is 10.9 Å². The Bertz CT molecular complexity index is 884. The Morgan fingerprint density at radius 3 is 2.50 bits per heavy atom. The maximum atomic E-state index is 13.3. The second-order valence-corrected chi connectivity index (χ2v) is 4.83. The lowest BCUT2D eigenvalue weighted by Crippen LogP contribution is -2.16. The third-order valence-corrected chi connectivity index (χ3v) is 3.30. The number of nitrogens with zero attached hydrogens (tertiary/aromatic N) is 2. The van der Waals surface area contributed by atoms with Crippen LogP contribution in [0.3, 0.4) is 0 Å². The van der Waals surface area contributed by atoms with Crippen LogP contribution in [0.25, 0.3) is 5.69 Å². The molecule has 0 fully saturated rings. The minimum absolute atomic E-state index is 0.293. The number of nitriles is 1. The van der Waals surface area contributed by atoms with Gasteiger partial charge in [0.15, 0.2) is 5.69 Å². The molecule has 0 aliphatic heterocycles. The first kappa shape index (κ1) is 19.0. The maximum Gasteiger partial charge on any atom is 0.418 e. The number of ether oxygens (including phenoxy) is 2. The molecule has 0 radical (unpaired) electrons. The Morgan fingerprint density at radius 2 is 2.00 bits per heavy atom. The summed E-state index contributed by atoms with van der Waals surface area (Å²) >= 11 is 0. The number of carbonyl (C=O) groups excluding carboxylic acids is 1.